The first kappa shape index (κ1) is 13.5. The molecule has 0 aliphatic carbocycles. The van der Waals surface area contributed by atoms with Crippen molar-refractivity contribution < 1.29 is 9.72 Å². The van der Waals surface area contributed by atoms with Gasteiger partial charge in [0.25, 0.3) is 5.69 Å². The number of hydrogen-bond donors (Lipinski definition) is 1. The topological polar surface area (TPSA) is 104 Å². The lowest BCUT2D eigenvalue weighted by molar-refractivity contribution is -0.384. The highest BCUT2D eigenvalue weighted by molar-refractivity contribution is 5.91. The molecule has 0 aliphatic rings. The Labute approximate surface area is 114 Å². The molecule has 20 heavy (non-hydrogen) atoms. The lowest BCUT2D eigenvalue weighted by atomic mass is 10.1. The van der Waals surface area contributed by atoms with Crippen LogP contribution in [0.1, 0.15) is 10.4 Å². The summed E-state index contributed by atoms with van der Waals surface area (Å²) in [4.78, 5) is 21.4. The van der Waals surface area contributed by atoms with Crippen molar-refractivity contribution in [1.29, 1.82) is 0 Å². The van der Waals surface area contributed by atoms with E-state index in [2.05, 4.69) is 11.7 Å². The van der Waals surface area contributed by atoms with Crippen LogP contribution >= 0.6 is 0 Å². The predicted molar refractivity (Wildman–Crippen MR) is 74.3 cm³/mol. The molecule has 7 heteroatoms. The third-order valence-electron chi connectivity index (χ3n) is 2.78. The van der Waals surface area contributed by atoms with Crippen molar-refractivity contribution in [3.05, 3.63) is 52.6 Å². The third kappa shape index (κ3) is 2.28. The largest absolute Gasteiger partial charge is 0.383 e. The van der Waals surface area contributed by atoms with Gasteiger partial charge in [-0.3, -0.25) is 14.9 Å². The minimum atomic E-state index is -0.506. The Bertz CT molecular complexity index is 691. The molecule has 2 rings (SSSR count). The van der Waals surface area contributed by atoms with Crippen LogP contribution in [0.2, 0.25) is 0 Å². The summed E-state index contributed by atoms with van der Waals surface area (Å²) < 4.78 is 1.42. The Balaban J connectivity index is 2.59. The summed E-state index contributed by atoms with van der Waals surface area (Å²) in [7, 11) is 0. The molecule has 0 fully saturated rings. The number of nitrogen functional groups attached to an aromatic ring is 1. The molecule has 1 aromatic heterocycles. The van der Waals surface area contributed by atoms with Crippen molar-refractivity contribution in [2.75, 3.05) is 5.73 Å². The quantitative estimate of drug-likeness (QED) is 0.388. The van der Waals surface area contributed by atoms with Gasteiger partial charge in [-0.2, -0.15) is 5.10 Å². The maximum atomic E-state index is 11.2. The fraction of sp³-hybridized carbons (Fsp3) is 0.0769. The standard InChI is InChI=1S/C13H12N4O3/c1-2-6-16-13(14)11(8-18)12(15-16)9-4-3-5-10(7-9)17(19)20/h2-5,7-8H,1,6,14H2. The fourth-order valence-corrected chi connectivity index (χ4v) is 1.85. The highest BCUT2D eigenvalue weighted by Crippen LogP contribution is 2.28. The van der Waals surface area contributed by atoms with Gasteiger partial charge in [0.05, 0.1) is 17.0 Å². The molecule has 0 atom stereocenters. The lowest BCUT2D eigenvalue weighted by Gasteiger charge is -1.98. The van der Waals surface area contributed by atoms with Crippen molar-refractivity contribution in [1.82, 2.24) is 9.78 Å². The minimum absolute atomic E-state index is 0.0730. The fourth-order valence-electron chi connectivity index (χ4n) is 1.85. The van der Waals surface area contributed by atoms with Gasteiger partial charge in [0, 0.05) is 17.7 Å². The van der Waals surface area contributed by atoms with Crippen molar-refractivity contribution >= 4 is 17.8 Å². The first-order valence-corrected chi connectivity index (χ1v) is 5.75. The Morgan fingerprint density at radius 1 is 1.50 bits per heavy atom. The second kappa shape index (κ2) is 5.35. The molecule has 0 radical (unpaired) electrons. The van der Waals surface area contributed by atoms with E-state index in [1.165, 1.54) is 22.9 Å². The van der Waals surface area contributed by atoms with Gasteiger partial charge in [0.15, 0.2) is 6.29 Å². The van der Waals surface area contributed by atoms with E-state index in [1.54, 1.807) is 12.1 Å². The van der Waals surface area contributed by atoms with Crippen molar-refractivity contribution in [3.63, 3.8) is 0 Å². The zero-order valence-electron chi connectivity index (χ0n) is 10.5. The predicted octanol–water partition coefficient (Wildman–Crippen LogP) is 2.04. The molecular formula is C13H12N4O3. The molecule has 0 saturated carbocycles. The Hall–Kier alpha value is -2.96. The molecule has 102 valence electrons. The summed E-state index contributed by atoms with van der Waals surface area (Å²) in [6, 6.07) is 5.89. The first-order chi connectivity index (χ1) is 9.58. The number of nitrogens with two attached hydrogens (primary N) is 1. The van der Waals surface area contributed by atoms with Gasteiger partial charge in [0.2, 0.25) is 0 Å². The van der Waals surface area contributed by atoms with E-state index in [9.17, 15) is 14.9 Å². The molecule has 0 amide bonds. The number of allylic oxidation sites excluding steroid dienone is 1. The molecule has 0 saturated heterocycles. The van der Waals surface area contributed by atoms with E-state index in [-0.39, 0.29) is 17.1 Å². The van der Waals surface area contributed by atoms with E-state index < -0.39 is 4.92 Å². The van der Waals surface area contributed by atoms with Crippen molar-refractivity contribution in [2.45, 2.75) is 6.54 Å². The van der Waals surface area contributed by atoms with Gasteiger partial charge in [-0.25, -0.2) is 4.68 Å². The number of nitrogens with zero attached hydrogens (tertiary/aromatic N) is 3. The number of carbonyl (C=O) groups excluding carboxylic acids is 1. The van der Waals surface area contributed by atoms with Gasteiger partial charge >= 0.3 is 0 Å². The van der Waals surface area contributed by atoms with Crippen LogP contribution < -0.4 is 5.73 Å². The van der Waals surface area contributed by atoms with Crippen LogP contribution in [0.5, 0.6) is 0 Å². The van der Waals surface area contributed by atoms with E-state index >= 15 is 0 Å². The van der Waals surface area contributed by atoms with Gasteiger partial charge in [-0.1, -0.05) is 18.2 Å². The smallest absolute Gasteiger partial charge is 0.270 e. The van der Waals surface area contributed by atoms with Crippen LogP contribution in [0.3, 0.4) is 0 Å². The molecule has 0 bridgehead atoms. The van der Waals surface area contributed by atoms with E-state index in [0.717, 1.165) is 0 Å². The number of aromatic nitrogens is 2. The number of nitro benzene ring substituents is 1. The second-order valence-electron chi connectivity index (χ2n) is 4.04. The Kier molecular flexibility index (Phi) is 3.60. The van der Waals surface area contributed by atoms with Crippen molar-refractivity contribution in [2.24, 2.45) is 0 Å². The lowest BCUT2D eigenvalue weighted by Crippen LogP contribution is -2.03. The third-order valence-corrected chi connectivity index (χ3v) is 2.78. The summed E-state index contributed by atoms with van der Waals surface area (Å²) in [6.07, 6.45) is 2.19. The summed E-state index contributed by atoms with van der Waals surface area (Å²) in [6.45, 7) is 3.93. The summed E-state index contributed by atoms with van der Waals surface area (Å²) in [5, 5.41) is 15.0. The molecule has 1 heterocycles. The van der Waals surface area contributed by atoms with Gasteiger partial charge < -0.3 is 5.73 Å². The molecule has 0 aliphatic heterocycles. The summed E-state index contributed by atoms with van der Waals surface area (Å²) >= 11 is 0. The van der Waals surface area contributed by atoms with Crippen molar-refractivity contribution in [3.8, 4) is 11.3 Å². The highest BCUT2D eigenvalue weighted by atomic mass is 16.6. The van der Waals surface area contributed by atoms with E-state index in [0.29, 0.717) is 24.1 Å². The summed E-state index contributed by atoms with van der Waals surface area (Å²) in [5.74, 6) is 0.210. The normalized spacial score (nSPS) is 10.2. The monoisotopic (exact) mass is 272 g/mol. The maximum absolute atomic E-state index is 11.2. The molecule has 1 aromatic carbocycles. The van der Waals surface area contributed by atoms with Gasteiger partial charge in [-0.05, 0) is 0 Å². The highest BCUT2D eigenvalue weighted by Gasteiger charge is 2.17. The number of aldehydes is 1. The second-order valence-corrected chi connectivity index (χ2v) is 4.04. The van der Waals surface area contributed by atoms with Gasteiger partial charge in [0.1, 0.15) is 11.5 Å². The molecule has 0 unspecified atom stereocenters. The van der Waals surface area contributed by atoms with Crippen LogP contribution in [0.25, 0.3) is 11.3 Å². The van der Waals surface area contributed by atoms with E-state index in [1.807, 2.05) is 0 Å². The molecular weight excluding hydrogens is 260 g/mol. The number of nitro groups is 1. The van der Waals surface area contributed by atoms with Crippen LogP contribution in [-0.4, -0.2) is 21.0 Å². The van der Waals surface area contributed by atoms with Crippen LogP contribution in [0.15, 0.2) is 36.9 Å². The average Bonchev–Trinajstić information content (AvgIpc) is 2.76. The number of carbonyl (C=O) groups is 1. The first-order valence-electron chi connectivity index (χ1n) is 5.75. The average molecular weight is 272 g/mol. The maximum Gasteiger partial charge on any atom is 0.270 e. The molecule has 7 nitrogen and oxygen atoms in total. The zero-order valence-corrected chi connectivity index (χ0v) is 10.5. The van der Waals surface area contributed by atoms with Crippen LogP contribution in [0.4, 0.5) is 11.5 Å². The van der Waals surface area contributed by atoms with E-state index in [4.69, 9.17) is 5.73 Å². The Morgan fingerprint density at radius 2 is 2.25 bits per heavy atom. The zero-order chi connectivity index (χ0) is 14.7. The Morgan fingerprint density at radius 3 is 2.85 bits per heavy atom. The SMILES string of the molecule is C=CCn1nc(-c2cccc([N+](=O)[O-])c2)c(C=O)c1N. The summed E-state index contributed by atoms with van der Waals surface area (Å²) in [5.41, 5.74) is 6.76. The van der Waals surface area contributed by atoms with Crippen LogP contribution in [0, 0.1) is 10.1 Å². The number of rotatable bonds is 5. The number of benzene rings is 1. The molecule has 2 N–H and O–H groups in total. The minimum Gasteiger partial charge on any atom is -0.383 e. The van der Waals surface area contributed by atoms with Crippen LogP contribution in [-0.2, 0) is 6.54 Å². The number of hydrogen-bond acceptors (Lipinski definition) is 5. The molecule has 2 aromatic rings. The van der Waals surface area contributed by atoms with Gasteiger partial charge in [-0.15, -0.1) is 6.58 Å². The number of non-ortho nitro benzene ring substituents is 1. The number of anilines is 1. The molecule has 0 spiro atoms.